The number of pyridine rings is 1. The predicted molar refractivity (Wildman–Crippen MR) is 87.7 cm³/mol. The molecule has 1 aromatic rings. The average Bonchev–Trinajstić information content (AvgIpc) is 2.56. The Bertz CT molecular complexity index is 543. The smallest absolute Gasteiger partial charge is 0.189 e. The third-order valence-corrected chi connectivity index (χ3v) is 3.68. The maximum Gasteiger partial charge on any atom is 0.189 e. The van der Waals surface area contributed by atoms with Gasteiger partial charge in [-0.1, -0.05) is 6.92 Å². The largest absolute Gasteiger partial charge is 0.388 e. The van der Waals surface area contributed by atoms with Gasteiger partial charge in [0.25, 0.3) is 0 Å². The molecule has 1 aliphatic rings. The van der Waals surface area contributed by atoms with Crippen LogP contribution in [-0.2, 0) is 4.74 Å². The second-order valence-electron chi connectivity index (χ2n) is 5.10. The summed E-state index contributed by atoms with van der Waals surface area (Å²) in [7, 11) is 0. The first-order chi connectivity index (χ1) is 11.0. The fourth-order valence-corrected chi connectivity index (χ4v) is 2.35. The van der Waals surface area contributed by atoms with Crippen molar-refractivity contribution in [3.8, 4) is 0 Å². The molecule has 0 unspecified atom stereocenters. The lowest BCUT2D eigenvalue weighted by Crippen LogP contribution is -2.62. The van der Waals surface area contributed by atoms with Crippen LogP contribution >= 0.6 is 12.2 Å². The number of hydrogen-bond donors (Lipinski definition) is 5. The van der Waals surface area contributed by atoms with Crippen molar-refractivity contribution in [2.45, 2.75) is 44.0 Å². The Morgan fingerprint density at radius 3 is 2.65 bits per heavy atom. The first kappa shape index (κ1) is 17.7. The van der Waals surface area contributed by atoms with Crippen LogP contribution in [0.15, 0.2) is 29.6 Å². The molecule has 2 rings (SSSR count). The van der Waals surface area contributed by atoms with Gasteiger partial charge in [-0.2, -0.15) is 5.10 Å². The maximum absolute atomic E-state index is 9.94. The van der Waals surface area contributed by atoms with Gasteiger partial charge in [0, 0.05) is 12.4 Å². The van der Waals surface area contributed by atoms with Crippen LogP contribution in [0.4, 0.5) is 0 Å². The molecule has 0 spiro atoms. The van der Waals surface area contributed by atoms with Crippen molar-refractivity contribution in [1.82, 2.24) is 15.7 Å². The highest BCUT2D eigenvalue weighted by Crippen LogP contribution is 2.21. The van der Waals surface area contributed by atoms with Gasteiger partial charge in [-0.25, -0.2) is 0 Å². The van der Waals surface area contributed by atoms with Crippen molar-refractivity contribution >= 4 is 23.5 Å². The molecule has 9 heteroatoms. The van der Waals surface area contributed by atoms with Gasteiger partial charge >= 0.3 is 0 Å². The lowest BCUT2D eigenvalue weighted by molar-refractivity contribution is -0.225. The van der Waals surface area contributed by atoms with Crippen LogP contribution < -0.4 is 10.7 Å². The van der Waals surface area contributed by atoms with Gasteiger partial charge in [0.2, 0.25) is 0 Å². The molecule has 0 amide bonds. The Labute approximate surface area is 139 Å². The maximum atomic E-state index is 9.94. The number of aliphatic hydroxyl groups is 3. The van der Waals surface area contributed by atoms with Crippen molar-refractivity contribution in [2.24, 2.45) is 5.10 Å². The first-order valence-electron chi connectivity index (χ1n) is 7.22. The van der Waals surface area contributed by atoms with Gasteiger partial charge in [0.1, 0.15) is 18.3 Å². The summed E-state index contributed by atoms with van der Waals surface area (Å²) in [5.41, 5.74) is 3.43. The Hall–Kier alpha value is -1.65. The Morgan fingerprint density at radius 2 is 2.00 bits per heavy atom. The molecule has 0 saturated carbocycles. The summed E-state index contributed by atoms with van der Waals surface area (Å²) in [6.45, 7) is 1.81. The van der Waals surface area contributed by atoms with Crippen molar-refractivity contribution in [1.29, 1.82) is 0 Å². The molecule has 0 aromatic carbocycles. The quantitative estimate of drug-likeness (QED) is 0.272. The molecule has 1 aliphatic heterocycles. The van der Waals surface area contributed by atoms with Gasteiger partial charge in [0.15, 0.2) is 11.3 Å². The van der Waals surface area contributed by atoms with Gasteiger partial charge in [0.05, 0.1) is 12.3 Å². The standard InChI is InChI=1S/C14H20N4O4S/c1-2-9-10(19)11(20)12(21)13(22-9)17-14(23)18-16-7-8-3-5-15-6-4-8/h3-7,9-13,19-21H,2H2,1H3,(H2,17,18,23)/b16-7+/t9-,10-,11+,12-,13-/m1/s1. The van der Waals surface area contributed by atoms with Gasteiger partial charge in [-0.05, 0) is 36.3 Å². The zero-order valence-electron chi connectivity index (χ0n) is 12.5. The minimum atomic E-state index is -1.31. The SMILES string of the molecule is CC[C@H]1O[C@@H](NC(=S)N/N=C/c2ccncc2)[C@H](O)[C@@H](O)[C@@H]1O. The van der Waals surface area contributed by atoms with E-state index in [-0.39, 0.29) is 5.11 Å². The van der Waals surface area contributed by atoms with Crippen LogP contribution in [0, 0.1) is 0 Å². The van der Waals surface area contributed by atoms with Crippen LogP contribution in [-0.4, -0.2) is 62.3 Å². The van der Waals surface area contributed by atoms with Crippen LogP contribution in [0.3, 0.4) is 0 Å². The van der Waals surface area contributed by atoms with E-state index in [4.69, 9.17) is 17.0 Å². The van der Waals surface area contributed by atoms with Crippen molar-refractivity contribution in [2.75, 3.05) is 0 Å². The summed E-state index contributed by atoms with van der Waals surface area (Å²) in [5.74, 6) is 0. The predicted octanol–water partition coefficient (Wildman–Crippen LogP) is -0.903. The number of ether oxygens (including phenoxy) is 1. The molecule has 126 valence electrons. The van der Waals surface area contributed by atoms with E-state index in [1.165, 1.54) is 0 Å². The zero-order chi connectivity index (χ0) is 16.8. The van der Waals surface area contributed by atoms with E-state index in [1.54, 1.807) is 30.7 Å². The number of hydrogen-bond acceptors (Lipinski definition) is 7. The average molecular weight is 340 g/mol. The van der Waals surface area contributed by atoms with Crippen LogP contribution in [0.1, 0.15) is 18.9 Å². The molecule has 23 heavy (non-hydrogen) atoms. The van der Waals surface area contributed by atoms with Gasteiger partial charge < -0.3 is 25.4 Å². The van der Waals surface area contributed by atoms with Gasteiger partial charge in [-0.3, -0.25) is 10.4 Å². The monoisotopic (exact) mass is 340 g/mol. The summed E-state index contributed by atoms with van der Waals surface area (Å²) in [4.78, 5) is 3.89. The zero-order valence-corrected chi connectivity index (χ0v) is 13.3. The van der Waals surface area contributed by atoms with E-state index in [2.05, 4.69) is 20.8 Å². The summed E-state index contributed by atoms with van der Waals surface area (Å²) < 4.78 is 5.51. The summed E-state index contributed by atoms with van der Waals surface area (Å²) >= 11 is 5.06. The topological polar surface area (TPSA) is 119 Å². The molecule has 1 aromatic heterocycles. The molecule has 0 aliphatic carbocycles. The second kappa shape index (κ2) is 8.27. The van der Waals surface area contributed by atoms with E-state index < -0.39 is 30.6 Å². The molecule has 8 nitrogen and oxygen atoms in total. The Morgan fingerprint density at radius 1 is 1.30 bits per heavy atom. The molecule has 2 heterocycles. The van der Waals surface area contributed by atoms with Crippen molar-refractivity contribution in [3.05, 3.63) is 30.1 Å². The summed E-state index contributed by atoms with van der Waals surface area (Å²) in [6.07, 6.45) is 0.0441. The van der Waals surface area contributed by atoms with E-state index in [0.29, 0.717) is 6.42 Å². The lowest BCUT2D eigenvalue weighted by Gasteiger charge is -2.40. The molecular formula is C14H20N4O4S. The molecule has 0 bridgehead atoms. The summed E-state index contributed by atoms with van der Waals surface area (Å²) in [5, 5.41) is 36.4. The fourth-order valence-electron chi connectivity index (χ4n) is 2.18. The molecule has 1 saturated heterocycles. The van der Waals surface area contributed by atoms with E-state index in [9.17, 15) is 15.3 Å². The molecule has 0 radical (unpaired) electrons. The number of aliphatic hydroxyl groups excluding tert-OH is 3. The third-order valence-electron chi connectivity index (χ3n) is 3.47. The molecule has 1 fully saturated rings. The van der Waals surface area contributed by atoms with Crippen molar-refractivity contribution < 1.29 is 20.1 Å². The lowest BCUT2D eigenvalue weighted by atomic mass is 9.96. The van der Waals surface area contributed by atoms with Crippen LogP contribution in [0.25, 0.3) is 0 Å². The van der Waals surface area contributed by atoms with Crippen LogP contribution in [0.2, 0.25) is 0 Å². The minimum absolute atomic E-state index is 0.123. The highest BCUT2D eigenvalue weighted by Gasteiger charge is 2.43. The number of aromatic nitrogens is 1. The summed E-state index contributed by atoms with van der Waals surface area (Å²) in [6, 6.07) is 3.55. The van der Waals surface area contributed by atoms with Crippen LogP contribution in [0.5, 0.6) is 0 Å². The molecule has 5 N–H and O–H groups in total. The van der Waals surface area contributed by atoms with Gasteiger partial charge in [-0.15, -0.1) is 0 Å². The first-order valence-corrected chi connectivity index (χ1v) is 7.63. The molecular weight excluding hydrogens is 320 g/mol. The van der Waals surface area contributed by atoms with E-state index >= 15 is 0 Å². The second-order valence-corrected chi connectivity index (χ2v) is 5.51. The number of hydrazone groups is 1. The number of nitrogens with zero attached hydrogens (tertiary/aromatic N) is 2. The fraction of sp³-hybridized carbons (Fsp3) is 0.500. The Balaban J connectivity index is 1.88. The van der Waals surface area contributed by atoms with Crippen molar-refractivity contribution in [3.63, 3.8) is 0 Å². The van der Waals surface area contributed by atoms with E-state index in [0.717, 1.165) is 5.56 Å². The number of thiocarbonyl (C=S) groups is 1. The highest BCUT2D eigenvalue weighted by atomic mass is 32.1. The highest BCUT2D eigenvalue weighted by molar-refractivity contribution is 7.80. The number of rotatable bonds is 4. The number of nitrogens with one attached hydrogen (secondary N) is 2. The minimum Gasteiger partial charge on any atom is -0.388 e. The van der Waals surface area contributed by atoms with E-state index in [1.807, 2.05) is 6.92 Å². The third kappa shape index (κ3) is 4.66. The Kier molecular flexibility index (Phi) is 6.37. The molecule has 5 atom stereocenters. The normalized spacial score (nSPS) is 31.0.